The first-order valence-electron chi connectivity index (χ1n) is 6.45. The van der Waals surface area contributed by atoms with Crippen LogP contribution in [-0.2, 0) is 19.0 Å². The van der Waals surface area contributed by atoms with Crippen LogP contribution < -0.4 is 0 Å². The van der Waals surface area contributed by atoms with E-state index >= 15 is 0 Å². The van der Waals surface area contributed by atoms with Gasteiger partial charge in [-0.15, -0.1) is 0 Å². The zero-order chi connectivity index (χ0) is 13.4. The normalized spacial score (nSPS) is 26.2. The highest BCUT2D eigenvalue weighted by atomic mass is 19.1. The molecule has 0 aromatic rings. The zero-order valence-electron chi connectivity index (χ0n) is 11.3. The average molecular weight is 260 g/mol. The molecule has 0 N–H and O–H groups in total. The van der Waals surface area contributed by atoms with Gasteiger partial charge < -0.3 is 14.2 Å². The van der Waals surface area contributed by atoms with E-state index < -0.39 is 23.0 Å². The largest absolute Gasteiger partial charge is 0.458 e. The second-order valence-electron chi connectivity index (χ2n) is 6.07. The molecule has 1 aliphatic carbocycles. The van der Waals surface area contributed by atoms with Crippen molar-refractivity contribution in [3.05, 3.63) is 0 Å². The second kappa shape index (κ2) is 4.46. The number of halogens is 1. The van der Waals surface area contributed by atoms with Crippen molar-refractivity contribution in [1.29, 1.82) is 0 Å². The maximum Gasteiger partial charge on any atom is 0.344 e. The minimum Gasteiger partial charge on any atom is -0.458 e. The van der Waals surface area contributed by atoms with Crippen LogP contribution in [0.4, 0.5) is 4.39 Å². The fourth-order valence-electron chi connectivity index (χ4n) is 2.39. The molecule has 1 spiro atoms. The van der Waals surface area contributed by atoms with Crippen LogP contribution in [0.15, 0.2) is 0 Å². The van der Waals surface area contributed by atoms with Gasteiger partial charge in [0.05, 0.1) is 13.2 Å². The van der Waals surface area contributed by atoms with E-state index in [4.69, 9.17) is 14.2 Å². The Hall–Kier alpha value is -0.680. The van der Waals surface area contributed by atoms with Gasteiger partial charge in [0.15, 0.2) is 5.79 Å². The standard InChI is InChI=1S/C13H21FO4/c1-11(2,3)18-10(15)12(14)4-6-13(7-5-12)16-8-9-17-13/h4-9H2,1-3H3. The molecule has 5 heteroatoms. The first-order valence-corrected chi connectivity index (χ1v) is 6.45. The number of esters is 1. The van der Waals surface area contributed by atoms with Crippen molar-refractivity contribution in [1.82, 2.24) is 0 Å². The van der Waals surface area contributed by atoms with Crippen molar-refractivity contribution in [2.75, 3.05) is 13.2 Å². The number of hydrogen-bond acceptors (Lipinski definition) is 4. The molecule has 2 rings (SSSR count). The maximum absolute atomic E-state index is 14.5. The minimum atomic E-state index is -1.89. The average Bonchev–Trinajstić information content (AvgIpc) is 2.70. The quantitative estimate of drug-likeness (QED) is 0.679. The predicted octanol–water partition coefficient (Wildman–Crippen LogP) is 2.35. The third-order valence-corrected chi connectivity index (χ3v) is 3.38. The molecule has 104 valence electrons. The highest BCUT2D eigenvalue weighted by molar-refractivity contribution is 5.80. The fourth-order valence-corrected chi connectivity index (χ4v) is 2.39. The SMILES string of the molecule is CC(C)(C)OC(=O)C1(F)CCC2(CC1)OCCO2. The van der Waals surface area contributed by atoms with Crippen molar-refractivity contribution < 1.29 is 23.4 Å². The number of carbonyl (C=O) groups is 1. The molecule has 1 saturated heterocycles. The Balaban J connectivity index is 1.96. The van der Waals surface area contributed by atoms with Gasteiger partial charge in [0.1, 0.15) is 5.60 Å². The first-order chi connectivity index (χ1) is 8.25. The third kappa shape index (κ3) is 2.83. The van der Waals surface area contributed by atoms with E-state index in [9.17, 15) is 9.18 Å². The molecule has 18 heavy (non-hydrogen) atoms. The summed E-state index contributed by atoms with van der Waals surface area (Å²) in [5.74, 6) is -1.42. The summed E-state index contributed by atoms with van der Waals surface area (Å²) in [6, 6.07) is 0. The summed E-state index contributed by atoms with van der Waals surface area (Å²) >= 11 is 0. The van der Waals surface area contributed by atoms with Crippen LogP contribution in [0.3, 0.4) is 0 Å². The summed E-state index contributed by atoms with van der Waals surface area (Å²) in [4.78, 5) is 11.9. The molecule has 1 heterocycles. The topological polar surface area (TPSA) is 44.8 Å². The van der Waals surface area contributed by atoms with E-state index in [1.54, 1.807) is 20.8 Å². The lowest BCUT2D eigenvalue weighted by Crippen LogP contribution is -2.47. The number of rotatable bonds is 1. The highest BCUT2D eigenvalue weighted by Gasteiger charge is 2.51. The van der Waals surface area contributed by atoms with Gasteiger partial charge in [0.2, 0.25) is 5.67 Å². The van der Waals surface area contributed by atoms with Gasteiger partial charge in [0.25, 0.3) is 0 Å². The summed E-state index contributed by atoms with van der Waals surface area (Å²) in [6.45, 7) is 6.31. The van der Waals surface area contributed by atoms with Gasteiger partial charge >= 0.3 is 5.97 Å². The Morgan fingerprint density at radius 2 is 1.61 bits per heavy atom. The Kier molecular flexibility index (Phi) is 3.40. The Bertz CT molecular complexity index is 318. The van der Waals surface area contributed by atoms with E-state index in [0.29, 0.717) is 26.1 Å². The summed E-state index contributed by atoms with van der Waals surface area (Å²) in [6.07, 6.45) is 1.01. The number of hydrogen-bond donors (Lipinski definition) is 0. The maximum atomic E-state index is 14.5. The van der Waals surface area contributed by atoms with Crippen LogP contribution in [0.25, 0.3) is 0 Å². The van der Waals surface area contributed by atoms with Gasteiger partial charge in [0, 0.05) is 12.8 Å². The summed E-state index contributed by atoms with van der Waals surface area (Å²) in [5, 5.41) is 0. The molecular weight excluding hydrogens is 239 g/mol. The third-order valence-electron chi connectivity index (χ3n) is 3.38. The summed E-state index contributed by atoms with van der Waals surface area (Å²) < 4.78 is 30.7. The molecule has 0 unspecified atom stereocenters. The predicted molar refractivity (Wildman–Crippen MR) is 62.8 cm³/mol. The van der Waals surface area contributed by atoms with Crippen LogP contribution in [-0.4, -0.2) is 36.2 Å². The molecule has 0 atom stereocenters. The number of alkyl halides is 1. The van der Waals surface area contributed by atoms with Crippen molar-refractivity contribution in [2.45, 2.75) is 63.5 Å². The molecular formula is C13H21FO4. The Morgan fingerprint density at radius 1 is 1.11 bits per heavy atom. The van der Waals surface area contributed by atoms with Gasteiger partial charge in [-0.2, -0.15) is 0 Å². The molecule has 0 aromatic heterocycles. The van der Waals surface area contributed by atoms with Gasteiger partial charge in [-0.1, -0.05) is 0 Å². The van der Waals surface area contributed by atoms with Crippen LogP contribution in [0.5, 0.6) is 0 Å². The first kappa shape index (κ1) is 13.7. The minimum absolute atomic E-state index is 0.0991. The lowest BCUT2D eigenvalue weighted by atomic mass is 9.82. The van der Waals surface area contributed by atoms with Crippen LogP contribution in [0.2, 0.25) is 0 Å². The molecule has 0 bridgehead atoms. The van der Waals surface area contributed by atoms with E-state index in [0.717, 1.165) is 0 Å². The molecule has 1 aliphatic heterocycles. The molecule has 2 aliphatic rings. The van der Waals surface area contributed by atoms with Crippen molar-refractivity contribution >= 4 is 5.97 Å². The molecule has 0 amide bonds. The highest BCUT2D eigenvalue weighted by Crippen LogP contribution is 2.43. The van der Waals surface area contributed by atoms with E-state index in [-0.39, 0.29) is 12.8 Å². The van der Waals surface area contributed by atoms with E-state index in [1.165, 1.54) is 0 Å². The Morgan fingerprint density at radius 3 is 2.06 bits per heavy atom. The van der Waals surface area contributed by atoms with Crippen molar-refractivity contribution in [2.24, 2.45) is 0 Å². The van der Waals surface area contributed by atoms with Gasteiger partial charge in [-0.25, -0.2) is 9.18 Å². The van der Waals surface area contributed by atoms with Crippen LogP contribution >= 0.6 is 0 Å². The Labute approximate surface area is 107 Å². The monoisotopic (exact) mass is 260 g/mol. The summed E-state index contributed by atoms with van der Waals surface area (Å²) in [7, 11) is 0. The van der Waals surface area contributed by atoms with Crippen LogP contribution in [0.1, 0.15) is 46.5 Å². The van der Waals surface area contributed by atoms with Crippen molar-refractivity contribution in [3.63, 3.8) is 0 Å². The fraction of sp³-hybridized carbons (Fsp3) is 0.923. The van der Waals surface area contributed by atoms with E-state index in [1.807, 2.05) is 0 Å². The number of ether oxygens (including phenoxy) is 3. The van der Waals surface area contributed by atoms with Crippen LogP contribution in [0, 0.1) is 0 Å². The zero-order valence-corrected chi connectivity index (χ0v) is 11.3. The molecule has 2 fully saturated rings. The lowest BCUT2D eigenvalue weighted by Gasteiger charge is -2.38. The molecule has 4 nitrogen and oxygen atoms in total. The van der Waals surface area contributed by atoms with Gasteiger partial charge in [-0.05, 0) is 33.6 Å². The summed E-state index contributed by atoms with van der Waals surface area (Å²) in [5.41, 5.74) is -2.56. The molecule has 0 aromatic carbocycles. The smallest absolute Gasteiger partial charge is 0.344 e. The second-order valence-corrected chi connectivity index (χ2v) is 6.07. The van der Waals surface area contributed by atoms with E-state index in [2.05, 4.69) is 0 Å². The lowest BCUT2D eigenvalue weighted by molar-refractivity contribution is -0.205. The molecule has 1 saturated carbocycles. The molecule has 0 radical (unpaired) electrons. The van der Waals surface area contributed by atoms with Crippen molar-refractivity contribution in [3.8, 4) is 0 Å². The van der Waals surface area contributed by atoms with Gasteiger partial charge in [-0.3, -0.25) is 0 Å². The number of carbonyl (C=O) groups excluding carboxylic acids is 1.